The van der Waals surface area contributed by atoms with Gasteiger partial charge < -0.3 is 14.9 Å². The molecule has 3 aromatic rings. The summed E-state index contributed by atoms with van der Waals surface area (Å²) >= 11 is 0. The third kappa shape index (κ3) is 1.45. The molecule has 3 rings (SSSR count). The van der Waals surface area contributed by atoms with Crippen molar-refractivity contribution in [2.45, 2.75) is 6.54 Å². The molecule has 0 saturated heterocycles. The highest BCUT2D eigenvalue weighted by Gasteiger charge is 2.08. The summed E-state index contributed by atoms with van der Waals surface area (Å²) in [7, 11) is 1.67. The number of imidazole rings is 1. The van der Waals surface area contributed by atoms with Crippen molar-refractivity contribution in [1.82, 2.24) is 9.38 Å². The zero-order valence-electron chi connectivity index (χ0n) is 9.55. The van der Waals surface area contributed by atoms with Gasteiger partial charge >= 0.3 is 0 Å². The van der Waals surface area contributed by atoms with Gasteiger partial charge in [0.1, 0.15) is 11.4 Å². The highest BCUT2D eigenvalue weighted by molar-refractivity contribution is 5.98. The minimum atomic E-state index is 0.443. The fraction of sp³-hybridized carbons (Fsp3) is 0.154. The standard InChI is InChI=1S/C13H13N3O/c1-17-11-4-2-3-9-5-6-16-8-10(7-14)15-13(16)12(9)11/h2-6,8H,7,14H2,1H3. The molecule has 0 bridgehead atoms. The van der Waals surface area contributed by atoms with E-state index in [1.807, 2.05) is 35.0 Å². The SMILES string of the molecule is COc1cccc2ccn3cc(CN)nc3c12. The summed E-state index contributed by atoms with van der Waals surface area (Å²) in [5.74, 6) is 0.835. The van der Waals surface area contributed by atoms with E-state index in [1.54, 1.807) is 7.11 Å². The van der Waals surface area contributed by atoms with Gasteiger partial charge in [-0.1, -0.05) is 12.1 Å². The Hall–Kier alpha value is -2.07. The Morgan fingerprint density at radius 1 is 1.35 bits per heavy atom. The molecule has 2 N–H and O–H groups in total. The smallest absolute Gasteiger partial charge is 0.148 e. The first-order valence-electron chi connectivity index (χ1n) is 5.47. The number of methoxy groups -OCH3 is 1. The summed E-state index contributed by atoms with van der Waals surface area (Å²) in [5.41, 5.74) is 7.39. The summed E-state index contributed by atoms with van der Waals surface area (Å²) in [6, 6.07) is 8.02. The van der Waals surface area contributed by atoms with Crippen molar-refractivity contribution in [3.63, 3.8) is 0 Å². The lowest BCUT2D eigenvalue weighted by Gasteiger charge is -2.06. The van der Waals surface area contributed by atoms with Crippen molar-refractivity contribution in [2.75, 3.05) is 7.11 Å². The average molecular weight is 227 g/mol. The number of pyridine rings is 1. The van der Waals surface area contributed by atoms with E-state index in [0.29, 0.717) is 6.54 Å². The van der Waals surface area contributed by atoms with Gasteiger partial charge in [0, 0.05) is 18.9 Å². The van der Waals surface area contributed by atoms with Crippen LogP contribution in [0, 0.1) is 0 Å². The third-order valence-corrected chi connectivity index (χ3v) is 2.91. The molecule has 0 radical (unpaired) electrons. The molecule has 4 heteroatoms. The molecule has 17 heavy (non-hydrogen) atoms. The van der Waals surface area contributed by atoms with Crippen LogP contribution in [-0.4, -0.2) is 16.5 Å². The van der Waals surface area contributed by atoms with Gasteiger partial charge in [0.05, 0.1) is 18.2 Å². The maximum Gasteiger partial charge on any atom is 0.148 e. The highest BCUT2D eigenvalue weighted by atomic mass is 16.5. The Bertz CT molecular complexity index is 688. The van der Waals surface area contributed by atoms with Crippen LogP contribution in [0.25, 0.3) is 16.4 Å². The topological polar surface area (TPSA) is 52.5 Å². The fourth-order valence-electron chi connectivity index (χ4n) is 2.10. The van der Waals surface area contributed by atoms with E-state index in [2.05, 4.69) is 11.1 Å². The molecule has 0 amide bonds. The van der Waals surface area contributed by atoms with E-state index >= 15 is 0 Å². The monoisotopic (exact) mass is 227 g/mol. The molecule has 0 saturated carbocycles. The van der Waals surface area contributed by atoms with Crippen LogP contribution in [-0.2, 0) is 6.54 Å². The number of rotatable bonds is 2. The third-order valence-electron chi connectivity index (χ3n) is 2.91. The van der Waals surface area contributed by atoms with Crippen molar-refractivity contribution in [1.29, 1.82) is 0 Å². The molecule has 2 aromatic heterocycles. The number of aromatic nitrogens is 2. The zero-order valence-corrected chi connectivity index (χ0v) is 9.55. The van der Waals surface area contributed by atoms with Crippen molar-refractivity contribution < 1.29 is 4.74 Å². The van der Waals surface area contributed by atoms with E-state index in [9.17, 15) is 0 Å². The molecule has 4 nitrogen and oxygen atoms in total. The molecule has 0 spiro atoms. The molecular formula is C13H13N3O. The van der Waals surface area contributed by atoms with E-state index in [4.69, 9.17) is 10.5 Å². The minimum absolute atomic E-state index is 0.443. The molecule has 0 aliphatic rings. The number of hydrogen-bond donors (Lipinski definition) is 1. The number of nitrogens with zero attached hydrogens (tertiary/aromatic N) is 2. The molecule has 0 atom stereocenters. The largest absolute Gasteiger partial charge is 0.496 e. The van der Waals surface area contributed by atoms with Crippen molar-refractivity contribution in [3.8, 4) is 5.75 Å². The van der Waals surface area contributed by atoms with Gasteiger partial charge in [-0.15, -0.1) is 0 Å². The lowest BCUT2D eigenvalue weighted by molar-refractivity contribution is 0.420. The summed E-state index contributed by atoms with van der Waals surface area (Å²) in [5, 5.41) is 2.14. The number of hydrogen-bond acceptors (Lipinski definition) is 3. The van der Waals surface area contributed by atoms with Gasteiger partial charge in [-0.2, -0.15) is 0 Å². The van der Waals surface area contributed by atoms with Crippen LogP contribution in [0.15, 0.2) is 36.7 Å². The Morgan fingerprint density at radius 3 is 3.00 bits per heavy atom. The van der Waals surface area contributed by atoms with Crippen LogP contribution in [0.2, 0.25) is 0 Å². The fourth-order valence-corrected chi connectivity index (χ4v) is 2.10. The summed E-state index contributed by atoms with van der Waals surface area (Å²) in [6.45, 7) is 0.443. The van der Waals surface area contributed by atoms with Gasteiger partial charge in [-0.3, -0.25) is 0 Å². The summed E-state index contributed by atoms with van der Waals surface area (Å²) < 4.78 is 7.37. The Labute approximate surface area is 98.6 Å². The Morgan fingerprint density at radius 2 is 2.24 bits per heavy atom. The molecule has 0 unspecified atom stereocenters. The quantitative estimate of drug-likeness (QED) is 0.728. The predicted octanol–water partition coefficient (Wildman–Crippen LogP) is 1.95. The van der Waals surface area contributed by atoms with Crippen molar-refractivity contribution >= 4 is 16.4 Å². The molecule has 2 heterocycles. The lowest BCUT2D eigenvalue weighted by atomic mass is 10.1. The first-order chi connectivity index (χ1) is 8.33. The van der Waals surface area contributed by atoms with Crippen LogP contribution >= 0.6 is 0 Å². The maximum atomic E-state index is 5.62. The van der Waals surface area contributed by atoms with Crippen LogP contribution in [0.3, 0.4) is 0 Å². The van der Waals surface area contributed by atoms with Gasteiger partial charge in [-0.05, 0) is 17.5 Å². The molecule has 86 valence electrons. The summed E-state index contributed by atoms with van der Waals surface area (Å²) in [4.78, 5) is 4.53. The van der Waals surface area contributed by atoms with Crippen LogP contribution < -0.4 is 10.5 Å². The molecule has 1 aromatic carbocycles. The van der Waals surface area contributed by atoms with E-state index < -0.39 is 0 Å². The summed E-state index contributed by atoms with van der Waals surface area (Å²) in [6.07, 6.45) is 3.93. The molecule has 0 fully saturated rings. The van der Waals surface area contributed by atoms with Gasteiger partial charge in [-0.25, -0.2) is 4.98 Å². The first kappa shape index (κ1) is 10.1. The maximum absolute atomic E-state index is 5.62. The predicted molar refractivity (Wildman–Crippen MR) is 67.1 cm³/mol. The molecule has 0 aliphatic heterocycles. The van der Waals surface area contributed by atoms with Crippen molar-refractivity contribution in [3.05, 3.63) is 42.4 Å². The number of fused-ring (bicyclic) bond motifs is 3. The second-order valence-electron chi connectivity index (χ2n) is 3.91. The van der Waals surface area contributed by atoms with E-state index in [0.717, 1.165) is 27.9 Å². The number of nitrogens with two attached hydrogens (primary N) is 1. The molecule has 0 aliphatic carbocycles. The van der Waals surface area contributed by atoms with Gasteiger partial charge in [0.2, 0.25) is 0 Å². The number of benzene rings is 1. The van der Waals surface area contributed by atoms with Crippen LogP contribution in [0.4, 0.5) is 0 Å². The van der Waals surface area contributed by atoms with E-state index in [-0.39, 0.29) is 0 Å². The van der Waals surface area contributed by atoms with Gasteiger partial charge in [0.15, 0.2) is 0 Å². The second-order valence-corrected chi connectivity index (χ2v) is 3.91. The minimum Gasteiger partial charge on any atom is -0.496 e. The van der Waals surface area contributed by atoms with Crippen molar-refractivity contribution in [2.24, 2.45) is 5.73 Å². The van der Waals surface area contributed by atoms with Gasteiger partial charge in [0.25, 0.3) is 0 Å². The highest BCUT2D eigenvalue weighted by Crippen LogP contribution is 2.28. The first-order valence-corrected chi connectivity index (χ1v) is 5.47. The van der Waals surface area contributed by atoms with E-state index in [1.165, 1.54) is 0 Å². The Balaban J connectivity index is 2.47. The number of ether oxygens (including phenoxy) is 1. The normalized spacial score (nSPS) is 11.2. The second kappa shape index (κ2) is 3.75. The average Bonchev–Trinajstić information content (AvgIpc) is 2.81. The van der Waals surface area contributed by atoms with Crippen LogP contribution in [0.1, 0.15) is 5.69 Å². The Kier molecular flexibility index (Phi) is 2.23. The molecular weight excluding hydrogens is 214 g/mol. The lowest BCUT2D eigenvalue weighted by Crippen LogP contribution is -1.95. The zero-order chi connectivity index (χ0) is 11.8. The van der Waals surface area contributed by atoms with Crippen LogP contribution in [0.5, 0.6) is 5.75 Å².